The van der Waals surface area contributed by atoms with E-state index in [0.717, 1.165) is 12.8 Å². The smallest absolute Gasteiger partial charge is 0.302 e. The standard InChI is InChI=1S/C12H22N4O3S/c1-3-11-12(8-15(2)13-11)14-20(18,19)16-7-5-4-6-10(16)9-17/h8,10,14,17H,3-7,9H2,1-2H3. The topological polar surface area (TPSA) is 87.5 Å². The third-order valence-electron chi connectivity index (χ3n) is 3.57. The summed E-state index contributed by atoms with van der Waals surface area (Å²) in [7, 11) is -1.89. The first-order valence-electron chi connectivity index (χ1n) is 6.91. The number of hydrogen-bond donors (Lipinski definition) is 2. The van der Waals surface area contributed by atoms with Gasteiger partial charge < -0.3 is 5.11 Å². The van der Waals surface area contributed by atoms with Gasteiger partial charge >= 0.3 is 10.2 Å². The number of rotatable bonds is 5. The lowest BCUT2D eigenvalue weighted by Crippen LogP contribution is -2.47. The lowest BCUT2D eigenvalue weighted by atomic mass is 10.1. The Balaban J connectivity index is 2.21. The number of aromatic nitrogens is 2. The van der Waals surface area contributed by atoms with Crippen LogP contribution in [0.4, 0.5) is 5.69 Å². The predicted molar refractivity (Wildman–Crippen MR) is 76.6 cm³/mol. The Hall–Kier alpha value is -1.12. The van der Waals surface area contributed by atoms with Gasteiger partial charge in [-0.05, 0) is 19.3 Å². The fourth-order valence-electron chi connectivity index (χ4n) is 2.55. The molecule has 1 aliphatic heterocycles. The summed E-state index contributed by atoms with van der Waals surface area (Å²) >= 11 is 0. The number of aliphatic hydroxyl groups excluding tert-OH is 1. The summed E-state index contributed by atoms with van der Waals surface area (Å²) in [5.41, 5.74) is 1.23. The van der Waals surface area contributed by atoms with Crippen LogP contribution in [0.3, 0.4) is 0 Å². The molecule has 2 N–H and O–H groups in total. The zero-order valence-corrected chi connectivity index (χ0v) is 12.7. The molecule has 1 unspecified atom stereocenters. The van der Waals surface area contributed by atoms with Gasteiger partial charge in [0.05, 0.1) is 18.0 Å². The van der Waals surface area contributed by atoms with Gasteiger partial charge in [0, 0.05) is 25.8 Å². The molecule has 7 nitrogen and oxygen atoms in total. The molecule has 0 saturated carbocycles. The highest BCUT2D eigenvalue weighted by atomic mass is 32.2. The summed E-state index contributed by atoms with van der Waals surface area (Å²) in [5, 5.41) is 13.6. The summed E-state index contributed by atoms with van der Waals surface area (Å²) in [4.78, 5) is 0. The Bertz CT molecular complexity index is 555. The van der Waals surface area contributed by atoms with Crippen LogP contribution in [0.25, 0.3) is 0 Å². The summed E-state index contributed by atoms with van der Waals surface area (Å²) in [6.07, 6.45) is 4.79. The molecule has 0 bridgehead atoms. The number of anilines is 1. The van der Waals surface area contributed by atoms with Crippen molar-refractivity contribution >= 4 is 15.9 Å². The van der Waals surface area contributed by atoms with Crippen molar-refractivity contribution in [1.82, 2.24) is 14.1 Å². The van der Waals surface area contributed by atoms with Crippen LogP contribution in [0, 0.1) is 0 Å². The molecular weight excluding hydrogens is 280 g/mol. The van der Waals surface area contributed by atoms with Crippen LogP contribution in [0.1, 0.15) is 31.9 Å². The van der Waals surface area contributed by atoms with Crippen molar-refractivity contribution in [2.24, 2.45) is 7.05 Å². The molecule has 1 aromatic heterocycles. The number of aryl methyl sites for hydroxylation is 2. The molecule has 1 saturated heterocycles. The summed E-state index contributed by atoms with van der Waals surface area (Å²) in [6, 6.07) is -0.331. The first-order chi connectivity index (χ1) is 9.47. The van der Waals surface area contributed by atoms with Gasteiger partial charge in [-0.1, -0.05) is 13.3 Å². The molecule has 0 aliphatic carbocycles. The monoisotopic (exact) mass is 302 g/mol. The van der Waals surface area contributed by atoms with Crippen LogP contribution < -0.4 is 4.72 Å². The van der Waals surface area contributed by atoms with Crippen LogP contribution in [0.2, 0.25) is 0 Å². The highest BCUT2D eigenvalue weighted by Crippen LogP contribution is 2.23. The molecular formula is C12H22N4O3S. The van der Waals surface area contributed by atoms with Gasteiger partial charge in [-0.2, -0.15) is 17.8 Å². The molecule has 114 valence electrons. The molecule has 20 heavy (non-hydrogen) atoms. The van der Waals surface area contributed by atoms with Gasteiger partial charge in [0.15, 0.2) is 0 Å². The van der Waals surface area contributed by atoms with E-state index in [1.165, 1.54) is 4.31 Å². The molecule has 0 aromatic carbocycles. The molecule has 1 aromatic rings. The van der Waals surface area contributed by atoms with E-state index in [1.54, 1.807) is 17.9 Å². The van der Waals surface area contributed by atoms with Crippen molar-refractivity contribution in [2.45, 2.75) is 38.6 Å². The fraction of sp³-hybridized carbons (Fsp3) is 0.750. The van der Waals surface area contributed by atoms with Gasteiger partial charge in [-0.15, -0.1) is 0 Å². The van der Waals surface area contributed by atoms with Crippen molar-refractivity contribution in [3.8, 4) is 0 Å². The molecule has 1 aliphatic rings. The Morgan fingerprint density at radius 1 is 1.50 bits per heavy atom. The molecule has 2 heterocycles. The normalized spacial score (nSPS) is 21.1. The largest absolute Gasteiger partial charge is 0.395 e. The Labute approximate surface area is 119 Å². The minimum Gasteiger partial charge on any atom is -0.395 e. The summed E-state index contributed by atoms with van der Waals surface area (Å²) in [5.74, 6) is 0. The van der Waals surface area contributed by atoms with Crippen LogP contribution >= 0.6 is 0 Å². The molecule has 8 heteroatoms. The van der Waals surface area contributed by atoms with Crippen LogP contribution in [0.5, 0.6) is 0 Å². The maximum atomic E-state index is 12.5. The van der Waals surface area contributed by atoms with E-state index in [9.17, 15) is 13.5 Å². The van der Waals surface area contributed by atoms with Gasteiger partial charge in [0.1, 0.15) is 0 Å². The van der Waals surface area contributed by atoms with Crippen LogP contribution in [-0.4, -0.2) is 46.8 Å². The average molecular weight is 302 g/mol. The van der Waals surface area contributed by atoms with E-state index in [1.807, 2.05) is 6.92 Å². The fourth-order valence-corrected chi connectivity index (χ4v) is 4.05. The maximum Gasteiger partial charge on any atom is 0.302 e. The molecule has 2 rings (SSSR count). The minimum atomic E-state index is -3.65. The average Bonchev–Trinajstić information content (AvgIpc) is 2.77. The molecule has 0 radical (unpaired) electrons. The SMILES string of the molecule is CCc1nn(C)cc1NS(=O)(=O)N1CCCCC1CO. The quantitative estimate of drug-likeness (QED) is 0.828. The first kappa shape index (κ1) is 15.3. The van der Waals surface area contributed by atoms with E-state index in [4.69, 9.17) is 0 Å². The van der Waals surface area contributed by atoms with Gasteiger partial charge in [0.2, 0.25) is 0 Å². The predicted octanol–water partition coefficient (Wildman–Crippen LogP) is 0.486. The highest BCUT2D eigenvalue weighted by molar-refractivity contribution is 7.90. The van der Waals surface area contributed by atoms with Gasteiger partial charge in [-0.3, -0.25) is 9.40 Å². The van der Waals surface area contributed by atoms with Crippen molar-refractivity contribution in [2.75, 3.05) is 17.9 Å². The minimum absolute atomic E-state index is 0.144. The molecule has 1 atom stereocenters. The first-order valence-corrected chi connectivity index (χ1v) is 8.35. The third-order valence-corrected chi connectivity index (χ3v) is 5.15. The van der Waals surface area contributed by atoms with Gasteiger partial charge in [-0.25, -0.2) is 0 Å². The number of aliphatic hydroxyl groups is 1. The van der Waals surface area contributed by atoms with E-state index >= 15 is 0 Å². The second-order valence-electron chi connectivity index (χ2n) is 5.07. The number of piperidine rings is 1. The zero-order chi connectivity index (χ0) is 14.8. The summed E-state index contributed by atoms with van der Waals surface area (Å²) < 4.78 is 30.5. The lowest BCUT2D eigenvalue weighted by molar-refractivity contribution is 0.156. The second kappa shape index (κ2) is 6.11. The highest BCUT2D eigenvalue weighted by Gasteiger charge is 2.32. The molecule has 0 amide bonds. The summed E-state index contributed by atoms with van der Waals surface area (Å²) in [6.45, 7) is 2.23. The zero-order valence-electron chi connectivity index (χ0n) is 11.9. The second-order valence-corrected chi connectivity index (χ2v) is 6.69. The molecule has 0 spiro atoms. The Morgan fingerprint density at radius 3 is 2.90 bits per heavy atom. The van der Waals surface area contributed by atoms with Crippen molar-refractivity contribution < 1.29 is 13.5 Å². The Morgan fingerprint density at radius 2 is 2.25 bits per heavy atom. The number of nitrogens with zero attached hydrogens (tertiary/aromatic N) is 3. The number of hydrogen-bond acceptors (Lipinski definition) is 4. The van der Waals surface area contributed by atoms with E-state index < -0.39 is 10.2 Å². The van der Waals surface area contributed by atoms with E-state index in [0.29, 0.717) is 30.8 Å². The van der Waals surface area contributed by atoms with Crippen molar-refractivity contribution in [3.05, 3.63) is 11.9 Å². The van der Waals surface area contributed by atoms with Crippen molar-refractivity contribution in [3.63, 3.8) is 0 Å². The lowest BCUT2D eigenvalue weighted by Gasteiger charge is -2.33. The third kappa shape index (κ3) is 3.13. The van der Waals surface area contributed by atoms with Crippen LogP contribution in [-0.2, 0) is 23.7 Å². The number of nitrogens with one attached hydrogen (secondary N) is 1. The Kier molecular flexibility index (Phi) is 4.66. The molecule has 1 fully saturated rings. The maximum absolute atomic E-state index is 12.5. The van der Waals surface area contributed by atoms with Crippen LogP contribution in [0.15, 0.2) is 6.20 Å². The van der Waals surface area contributed by atoms with Crippen molar-refractivity contribution in [1.29, 1.82) is 0 Å². The van der Waals surface area contributed by atoms with E-state index in [2.05, 4.69) is 9.82 Å². The van der Waals surface area contributed by atoms with Gasteiger partial charge in [0.25, 0.3) is 0 Å². The van der Waals surface area contributed by atoms with E-state index in [-0.39, 0.29) is 12.6 Å².